The molecule has 0 unspecified atom stereocenters. The number of carboxylic acids is 1. The highest BCUT2D eigenvalue weighted by atomic mass is 16.5. The number of hydrogen-bond donors (Lipinski definition) is 2. The predicted octanol–water partition coefficient (Wildman–Crippen LogP) is -0.922. The van der Waals surface area contributed by atoms with E-state index in [0.717, 1.165) is 0 Å². The molecule has 0 aliphatic carbocycles. The van der Waals surface area contributed by atoms with Gasteiger partial charge in [0, 0.05) is 7.11 Å². The van der Waals surface area contributed by atoms with Crippen molar-refractivity contribution in [2.24, 2.45) is 0 Å². The highest BCUT2D eigenvalue weighted by molar-refractivity contribution is 5.72. The van der Waals surface area contributed by atoms with Crippen LogP contribution in [0.2, 0.25) is 0 Å². The lowest BCUT2D eigenvalue weighted by molar-refractivity contribution is -0.150. The summed E-state index contributed by atoms with van der Waals surface area (Å²) in [5, 5.41) is 16.3. The van der Waals surface area contributed by atoms with Gasteiger partial charge in [0.1, 0.15) is 0 Å². The van der Waals surface area contributed by atoms with E-state index in [0.29, 0.717) is 0 Å². The standard InChI is InChI=1S/C4H8O4/c1-8-3(2-5)4(6)7/h3,5H,2H2,1H3,(H,6,7)/t3-/m1/s1. The third-order valence-corrected chi connectivity index (χ3v) is 0.726. The number of aliphatic hydroxyl groups excluding tert-OH is 1. The fraction of sp³-hybridized carbons (Fsp3) is 0.750. The number of hydrogen-bond acceptors (Lipinski definition) is 3. The number of methoxy groups -OCH3 is 1. The predicted molar refractivity (Wildman–Crippen MR) is 25.5 cm³/mol. The Kier molecular flexibility index (Phi) is 3.14. The topological polar surface area (TPSA) is 66.8 Å². The number of rotatable bonds is 3. The molecule has 0 aromatic rings. The van der Waals surface area contributed by atoms with Crippen LogP contribution in [-0.4, -0.2) is 36.0 Å². The Bertz CT molecular complexity index is 76.1. The van der Waals surface area contributed by atoms with Gasteiger partial charge in [0.25, 0.3) is 0 Å². The Morgan fingerprint density at radius 1 is 1.88 bits per heavy atom. The van der Waals surface area contributed by atoms with Gasteiger partial charge in [0.05, 0.1) is 6.61 Å². The Morgan fingerprint density at radius 2 is 2.38 bits per heavy atom. The van der Waals surface area contributed by atoms with E-state index in [2.05, 4.69) is 4.74 Å². The monoisotopic (exact) mass is 120 g/mol. The van der Waals surface area contributed by atoms with Crippen molar-refractivity contribution >= 4 is 5.97 Å². The summed E-state index contributed by atoms with van der Waals surface area (Å²) in [6.45, 7) is -0.480. The van der Waals surface area contributed by atoms with Gasteiger partial charge in [-0.05, 0) is 0 Å². The maximum Gasteiger partial charge on any atom is 0.335 e. The summed E-state index contributed by atoms with van der Waals surface area (Å²) >= 11 is 0. The van der Waals surface area contributed by atoms with Crippen molar-refractivity contribution < 1.29 is 19.7 Å². The van der Waals surface area contributed by atoms with Gasteiger partial charge in [0.15, 0.2) is 6.10 Å². The highest BCUT2D eigenvalue weighted by Crippen LogP contribution is 1.85. The van der Waals surface area contributed by atoms with Crippen molar-refractivity contribution in [1.29, 1.82) is 0 Å². The maximum atomic E-state index is 9.88. The number of ether oxygens (including phenoxy) is 1. The molecule has 4 heteroatoms. The van der Waals surface area contributed by atoms with Crippen molar-refractivity contribution in [2.75, 3.05) is 13.7 Å². The second kappa shape index (κ2) is 3.40. The first-order valence-electron chi connectivity index (χ1n) is 2.08. The molecule has 4 nitrogen and oxygen atoms in total. The lowest BCUT2D eigenvalue weighted by atomic mass is 10.4. The molecule has 0 heterocycles. The molecule has 0 aromatic heterocycles. The zero-order valence-corrected chi connectivity index (χ0v) is 4.50. The summed E-state index contributed by atoms with van der Waals surface area (Å²) in [6, 6.07) is 0. The number of carboxylic acid groups (broad SMARTS) is 1. The van der Waals surface area contributed by atoms with E-state index in [1.165, 1.54) is 7.11 Å². The zero-order chi connectivity index (χ0) is 6.57. The molecule has 0 aliphatic rings. The molecule has 0 aromatic carbocycles. The molecule has 2 N–H and O–H groups in total. The minimum atomic E-state index is -1.14. The molecule has 0 amide bonds. The number of aliphatic carboxylic acids is 1. The molecule has 0 fully saturated rings. The van der Waals surface area contributed by atoms with E-state index in [9.17, 15) is 4.79 Å². The van der Waals surface area contributed by atoms with Crippen LogP contribution in [0.25, 0.3) is 0 Å². The Morgan fingerprint density at radius 3 is 2.38 bits per heavy atom. The van der Waals surface area contributed by atoms with E-state index in [-0.39, 0.29) is 0 Å². The minimum absolute atomic E-state index is 0.480. The van der Waals surface area contributed by atoms with E-state index in [1.54, 1.807) is 0 Å². The molecule has 0 radical (unpaired) electrons. The van der Waals surface area contributed by atoms with Crippen molar-refractivity contribution in [3.05, 3.63) is 0 Å². The van der Waals surface area contributed by atoms with Gasteiger partial charge in [-0.1, -0.05) is 0 Å². The van der Waals surface area contributed by atoms with Gasteiger partial charge in [-0.2, -0.15) is 0 Å². The van der Waals surface area contributed by atoms with Crippen LogP contribution in [0.4, 0.5) is 0 Å². The van der Waals surface area contributed by atoms with Crippen LogP contribution in [-0.2, 0) is 9.53 Å². The minimum Gasteiger partial charge on any atom is -0.479 e. The van der Waals surface area contributed by atoms with E-state index >= 15 is 0 Å². The second-order valence-electron chi connectivity index (χ2n) is 1.25. The van der Waals surface area contributed by atoms with Crippen LogP contribution in [0.15, 0.2) is 0 Å². The van der Waals surface area contributed by atoms with Gasteiger partial charge in [0.2, 0.25) is 0 Å². The molecule has 0 spiro atoms. The molecule has 0 saturated carbocycles. The SMILES string of the molecule is CO[C@H](CO)C(=O)O. The summed E-state index contributed by atoms with van der Waals surface area (Å²) < 4.78 is 4.31. The van der Waals surface area contributed by atoms with Crippen molar-refractivity contribution in [2.45, 2.75) is 6.10 Å². The molecular weight excluding hydrogens is 112 g/mol. The summed E-state index contributed by atoms with van der Waals surface area (Å²) in [6.07, 6.45) is -1.07. The Labute approximate surface area is 46.7 Å². The van der Waals surface area contributed by atoms with Gasteiger partial charge in [-0.15, -0.1) is 0 Å². The Balaban J connectivity index is 3.52. The van der Waals surface area contributed by atoms with Crippen molar-refractivity contribution in [3.63, 3.8) is 0 Å². The fourth-order valence-electron chi connectivity index (χ4n) is 0.253. The normalized spacial score (nSPS) is 13.2. The van der Waals surface area contributed by atoms with Gasteiger partial charge in [-0.25, -0.2) is 4.79 Å². The molecule has 8 heavy (non-hydrogen) atoms. The molecule has 0 aliphatic heterocycles. The zero-order valence-electron chi connectivity index (χ0n) is 4.50. The molecular formula is C4H8O4. The van der Waals surface area contributed by atoms with Gasteiger partial charge < -0.3 is 14.9 Å². The van der Waals surface area contributed by atoms with Gasteiger partial charge in [-0.3, -0.25) is 0 Å². The third kappa shape index (κ3) is 1.90. The molecule has 0 saturated heterocycles. The third-order valence-electron chi connectivity index (χ3n) is 0.726. The largest absolute Gasteiger partial charge is 0.479 e. The lowest BCUT2D eigenvalue weighted by Gasteiger charge is -2.03. The van der Waals surface area contributed by atoms with Crippen LogP contribution in [0.3, 0.4) is 0 Å². The van der Waals surface area contributed by atoms with Crippen LogP contribution in [0.1, 0.15) is 0 Å². The molecule has 48 valence electrons. The second-order valence-corrected chi connectivity index (χ2v) is 1.25. The summed E-state index contributed by atoms with van der Waals surface area (Å²) in [7, 11) is 1.23. The average molecular weight is 120 g/mol. The van der Waals surface area contributed by atoms with Crippen molar-refractivity contribution in [3.8, 4) is 0 Å². The van der Waals surface area contributed by atoms with Crippen LogP contribution in [0.5, 0.6) is 0 Å². The highest BCUT2D eigenvalue weighted by Gasteiger charge is 2.12. The first-order valence-corrected chi connectivity index (χ1v) is 2.08. The first-order chi connectivity index (χ1) is 3.72. The molecule has 0 rings (SSSR count). The quantitative estimate of drug-likeness (QED) is 0.505. The van der Waals surface area contributed by atoms with Crippen LogP contribution >= 0.6 is 0 Å². The van der Waals surface area contributed by atoms with Crippen LogP contribution in [0, 0.1) is 0 Å². The maximum absolute atomic E-state index is 9.88. The van der Waals surface area contributed by atoms with E-state index in [4.69, 9.17) is 10.2 Å². The first kappa shape index (κ1) is 7.39. The average Bonchev–Trinajstić information content (AvgIpc) is 1.69. The van der Waals surface area contributed by atoms with E-state index in [1.807, 2.05) is 0 Å². The molecule has 1 atom stereocenters. The smallest absolute Gasteiger partial charge is 0.335 e. The van der Waals surface area contributed by atoms with Crippen LogP contribution < -0.4 is 0 Å². The lowest BCUT2D eigenvalue weighted by Crippen LogP contribution is -2.25. The summed E-state index contributed by atoms with van der Waals surface area (Å²) in [5.41, 5.74) is 0. The fourth-order valence-corrected chi connectivity index (χ4v) is 0.253. The van der Waals surface area contributed by atoms with Gasteiger partial charge >= 0.3 is 5.97 Å². The number of carbonyl (C=O) groups is 1. The summed E-state index contributed by atoms with van der Waals surface area (Å²) in [5.74, 6) is -1.14. The number of aliphatic hydroxyl groups is 1. The van der Waals surface area contributed by atoms with E-state index < -0.39 is 18.7 Å². The summed E-state index contributed by atoms with van der Waals surface area (Å²) in [4.78, 5) is 9.88. The van der Waals surface area contributed by atoms with Crippen molar-refractivity contribution in [1.82, 2.24) is 0 Å². The molecule has 0 bridgehead atoms. The Hall–Kier alpha value is -0.610.